The number of hydrogen-bond donors (Lipinski definition) is 2. The number of rotatable bonds is 3. The predicted molar refractivity (Wildman–Crippen MR) is 79.6 cm³/mol. The highest BCUT2D eigenvalue weighted by Crippen LogP contribution is 2.29. The van der Waals surface area contributed by atoms with E-state index in [1.165, 1.54) is 12.1 Å². The quantitative estimate of drug-likeness (QED) is 0.847. The molecule has 5 heteroatoms. The zero-order valence-electron chi connectivity index (χ0n) is 11.7. The first-order valence-corrected chi connectivity index (χ1v) is 6.95. The summed E-state index contributed by atoms with van der Waals surface area (Å²) in [7, 11) is 0. The SMILES string of the molecule is O=C1CCCC1=Cc1ccc(-c2ccc(O)c(C(=O)O)c2)o1. The number of aromatic hydroxyl groups is 1. The number of phenols is 1. The molecule has 1 aliphatic rings. The maximum Gasteiger partial charge on any atom is 0.339 e. The van der Waals surface area contributed by atoms with Crippen LogP contribution in [0.1, 0.15) is 35.4 Å². The Balaban J connectivity index is 1.92. The molecule has 1 aromatic heterocycles. The van der Waals surface area contributed by atoms with Crippen LogP contribution in [0.5, 0.6) is 5.75 Å². The number of allylic oxidation sites excluding steroid dienone is 1. The van der Waals surface area contributed by atoms with Crippen LogP contribution in [0.4, 0.5) is 0 Å². The molecule has 5 nitrogen and oxygen atoms in total. The number of ketones is 1. The summed E-state index contributed by atoms with van der Waals surface area (Å²) in [6.45, 7) is 0. The van der Waals surface area contributed by atoms with Crippen LogP contribution in [-0.4, -0.2) is 22.0 Å². The summed E-state index contributed by atoms with van der Waals surface area (Å²) in [5.41, 5.74) is 1.13. The molecule has 22 heavy (non-hydrogen) atoms. The Morgan fingerprint density at radius 3 is 2.68 bits per heavy atom. The van der Waals surface area contributed by atoms with Gasteiger partial charge >= 0.3 is 5.97 Å². The van der Waals surface area contributed by atoms with Crippen LogP contribution < -0.4 is 0 Å². The maximum atomic E-state index is 11.6. The Labute approximate surface area is 126 Å². The van der Waals surface area contributed by atoms with Crippen molar-refractivity contribution in [3.05, 3.63) is 47.2 Å². The number of furan rings is 1. The lowest BCUT2D eigenvalue weighted by molar-refractivity contribution is -0.114. The Kier molecular flexibility index (Phi) is 3.55. The van der Waals surface area contributed by atoms with Crippen molar-refractivity contribution < 1.29 is 24.2 Å². The van der Waals surface area contributed by atoms with Crippen LogP contribution in [0.2, 0.25) is 0 Å². The molecule has 1 aliphatic carbocycles. The number of carbonyl (C=O) groups excluding carboxylic acids is 1. The van der Waals surface area contributed by atoms with Gasteiger partial charge in [-0.15, -0.1) is 0 Å². The van der Waals surface area contributed by atoms with E-state index in [9.17, 15) is 14.7 Å². The third kappa shape index (κ3) is 2.65. The van der Waals surface area contributed by atoms with Crippen LogP contribution in [-0.2, 0) is 4.79 Å². The minimum atomic E-state index is -1.20. The van der Waals surface area contributed by atoms with Crippen LogP contribution in [0.25, 0.3) is 17.4 Å². The van der Waals surface area contributed by atoms with Crippen molar-refractivity contribution in [1.82, 2.24) is 0 Å². The lowest BCUT2D eigenvalue weighted by atomic mass is 10.1. The molecule has 0 bridgehead atoms. The van der Waals surface area contributed by atoms with E-state index < -0.39 is 5.97 Å². The number of hydrogen-bond acceptors (Lipinski definition) is 4. The van der Waals surface area contributed by atoms with E-state index in [1.54, 1.807) is 24.3 Å². The summed E-state index contributed by atoms with van der Waals surface area (Å²) in [6.07, 6.45) is 3.95. The number of carboxylic acids is 1. The number of Topliss-reactive ketones (excluding diaryl/α,β-unsaturated/α-hetero) is 1. The smallest absolute Gasteiger partial charge is 0.339 e. The van der Waals surface area contributed by atoms with Crippen molar-refractivity contribution in [2.45, 2.75) is 19.3 Å². The van der Waals surface area contributed by atoms with Gasteiger partial charge in [0.25, 0.3) is 0 Å². The van der Waals surface area contributed by atoms with Crippen LogP contribution in [0.15, 0.2) is 40.3 Å². The zero-order chi connectivity index (χ0) is 15.7. The molecule has 0 spiro atoms. The van der Waals surface area contributed by atoms with E-state index >= 15 is 0 Å². The summed E-state index contributed by atoms with van der Waals surface area (Å²) < 4.78 is 5.65. The topological polar surface area (TPSA) is 87.7 Å². The molecule has 0 radical (unpaired) electrons. The van der Waals surface area contributed by atoms with Gasteiger partial charge in [-0.3, -0.25) is 4.79 Å². The second-order valence-corrected chi connectivity index (χ2v) is 5.19. The lowest BCUT2D eigenvalue weighted by Gasteiger charge is -2.02. The molecular formula is C17H14O5. The lowest BCUT2D eigenvalue weighted by Crippen LogP contribution is -1.96. The largest absolute Gasteiger partial charge is 0.507 e. The summed E-state index contributed by atoms with van der Waals surface area (Å²) in [5, 5.41) is 18.5. The Morgan fingerprint density at radius 1 is 1.18 bits per heavy atom. The van der Waals surface area contributed by atoms with E-state index in [2.05, 4.69) is 0 Å². The molecule has 1 saturated carbocycles. The minimum Gasteiger partial charge on any atom is -0.507 e. The highest BCUT2D eigenvalue weighted by molar-refractivity contribution is 6.01. The first-order chi connectivity index (χ1) is 10.5. The van der Waals surface area contributed by atoms with Gasteiger partial charge in [-0.05, 0) is 54.8 Å². The number of aromatic carboxylic acids is 1. The molecule has 3 rings (SSSR count). The molecular weight excluding hydrogens is 284 g/mol. The van der Waals surface area contributed by atoms with E-state index in [-0.39, 0.29) is 17.1 Å². The first-order valence-electron chi connectivity index (χ1n) is 6.95. The Morgan fingerprint density at radius 2 is 2.00 bits per heavy atom. The van der Waals surface area contributed by atoms with Gasteiger partial charge in [0.05, 0.1) is 0 Å². The van der Waals surface area contributed by atoms with E-state index in [0.717, 1.165) is 18.4 Å². The van der Waals surface area contributed by atoms with E-state index in [0.29, 0.717) is 23.5 Å². The van der Waals surface area contributed by atoms with Gasteiger partial charge in [-0.25, -0.2) is 4.79 Å². The Bertz CT molecular complexity index is 782. The van der Waals surface area contributed by atoms with Crippen molar-refractivity contribution >= 4 is 17.8 Å². The highest BCUT2D eigenvalue weighted by atomic mass is 16.4. The molecule has 1 aromatic carbocycles. The average Bonchev–Trinajstić information content (AvgIpc) is 3.10. The monoisotopic (exact) mass is 298 g/mol. The van der Waals surface area contributed by atoms with Gasteiger partial charge in [0, 0.05) is 12.0 Å². The first kappa shape index (κ1) is 14.1. The second-order valence-electron chi connectivity index (χ2n) is 5.19. The van der Waals surface area contributed by atoms with Gasteiger partial charge in [-0.2, -0.15) is 0 Å². The van der Waals surface area contributed by atoms with Gasteiger partial charge in [-0.1, -0.05) is 0 Å². The standard InChI is InChI=1S/C17H14O5/c18-14-3-1-2-10(14)8-12-5-7-16(22-12)11-4-6-15(19)13(9-11)17(20)21/h4-9,19H,1-3H2,(H,20,21). The fourth-order valence-electron chi connectivity index (χ4n) is 2.51. The highest BCUT2D eigenvalue weighted by Gasteiger charge is 2.18. The zero-order valence-corrected chi connectivity index (χ0v) is 11.7. The fraction of sp³-hybridized carbons (Fsp3) is 0.176. The van der Waals surface area contributed by atoms with E-state index in [1.807, 2.05) is 0 Å². The van der Waals surface area contributed by atoms with Crippen molar-refractivity contribution in [3.8, 4) is 17.1 Å². The van der Waals surface area contributed by atoms with Crippen molar-refractivity contribution in [1.29, 1.82) is 0 Å². The molecule has 2 N–H and O–H groups in total. The summed E-state index contributed by atoms with van der Waals surface area (Å²) in [6, 6.07) is 7.71. The van der Waals surface area contributed by atoms with Crippen LogP contribution in [0, 0.1) is 0 Å². The number of carboxylic acid groups (broad SMARTS) is 1. The molecule has 2 aromatic rings. The molecule has 1 heterocycles. The molecule has 0 saturated heterocycles. The van der Waals surface area contributed by atoms with Gasteiger partial charge in [0.1, 0.15) is 22.8 Å². The van der Waals surface area contributed by atoms with Gasteiger partial charge in [0.15, 0.2) is 5.78 Å². The van der Waals surface area contributed by atoms with Crippen LogP contribution >= 0.6 is 0 Å². The molecule has 0 amide bonds. The van der Waals surface area contributed by atoms with Crippen LogP contribution in [0.3, 0.4) is 0 Å². The predicted octanol–water partition coefficient (Wildman–Crippen LogP) is 3.49. The van der Waals surface area contributed by atoms with Crippen molar-refractivity contribution in [3.63, 3.8) is 0 Å². The fourth-order valence-corrected chi connectivity index (χ4v) is 2.51. The van der Waals surface area contributed by atoms with Gasteiger partial charge in [0.2, 0.25) is 0 Å². The third-order valence-electron chi connectivity index (χ3n) is 3.66. The van der Waals surface area contributed by atoms with E-state index in [4.69, 9.17) is 9.52 Å². The summed E-state index contributed by atoms with van der Waals surface area (Å²) >= 11 is 0. The molecule has 112 valence electrons. The maximum absolute atomic E-state index is 11.6. The number of benzene rings is 1. The molecule has 0 atom stereocenters. The van der Waals surface area contributed by atoms with Gasteiger partial charge < -0.3 is 14.6 Å². The molecule has 1 fully saturated rings. The minimum absolute atomic E-state index is 0.149. The van der Waals surface area contributed by atoms with Crippen molar-refractivity contribution in [2.75, 3.05) is 0 Å². The third-order valence-corrected chi connectivity index (χ3v) is 3.66. The van der Waals surface area contributed by atoms with Crippen molar-refractivity contribution in [2.24, 2.45) is 0 Å². The Hall–Kier alpha value is -2.82. The average molecular weight is 298 g/mol. The molecule has 0 unspecified atom stereocenters. The molecule has 0 aliphatic heterocycles. The summed E-state index contributed by atoms with van der Waals surface area (Å²) in [4.78, 5) is 22.6. The second kappa shape index (κ2) is 5.52. The normalized spacial score (nSPS) is 16.4. The number of carbonyl (C=O) groups is 2. The summed E-state index contributed by atoms with van der Waals surface area (Å²) in [5.74, 6) is -0.299.